The number of nitrogens with zero attached hydrogens (tertiary/aromatic N) is 2. The van der Waals surface area contributed by atoms with Gasteiger partial charge in [0, 0.05) is 53.6 Å². The van der Waals surface area contributed by atoms with Crippen LogP contribution in [0.4, 0.5) is 17.1 Å². The Kier molecular flexibility index (Phi) is 10.1. The molecule has 69 heavy (non-hydrogen) atoms. The molecule has 3 heteroatoms. The van der Waals surface area contributed by atoms with E-state index in [9.17, 15) is 0 Å². The highest BCUT2D eigenvalue weighted by Gasteiger charge is 2.21. The highest BCUT2D eigenvalue weighted by Crippen LogP contribution is 2.46. The molecule has 324 valence electrons. The van der Waals surface area contributed by atoms with Crippen molar-refractivity contribution in [1.29, 1.82) is 0 Å². The van der Waals surface area contributed by atoms with Crippen molar-refractivity contribution < 1.29 is 0 Å². The number of thiophene rings is 1. The molecule has 13 rings (SSSR count). The zero-order valence-electron chi connectivity index (χ0n) is 37.7. The van der Waals surface area contributed by atoms with E-state index in [2.05, 4.69) is 276 Å². The van der Waals surface area contributed by atoms with Crippen molar-refractivity contribution >= 4 is 70.4 Å². The van der Waals surface area contributed by atoms with Crippen LogP contribution in [0.15, 0.2) is 267 Å². The van der Waals surface area contributed by atoms with Gasteiger partial charge in [-0.25, -0.2) is 0 Å². The van der Waals surface area contributed by atoms with Gasteiger partial charge in [0.1, 0.15) is 0 Å². The maximum atomic E-state index is 2.43. The molecule has 0 amide bonds. The first-order valence-electron chi connectivity index (χ1n) is 23.6. The Morgan fingerprint density at radius 1 is 0.275 bits per heavy atom. The first-order chi connectivity index (χ1) is 34.2. The summed E-state index contributed by atoms with van der Waals surface area (Å²) in [7, 11) is 0. The summed E-state index contributed by atoms with van der Waals surface area (Å²) in [6.45, 7) is 0. The number of hydrogen-bond acceptors (Lipinski definition) is 2. The summed E-state index contributed by atoms with van der Waals surface area (Å²) in [6.07, 6.45) is 0. The van der Waals surface area contributed by atoms with Crippen molar-refractivity contribution in [3.8, 4) is 61.3 Å². The van der Waals surface area contributed by atoms with Gasteiger partial charge in [-0.05, 0) is 123 Å². The van der Waals surface area contributed by atoms with E-state index in [-0.39, 0.29) is 0 Å². The van der Waals surface area contributed by atoms with Crippen molar-refractivity contribution in [2.24, 2.45) is 0 Å². The monoisotopic (exact) mass is 896 g/mol. The standard InChI is InChI=1S/C66H44N2S/c1-3-17-47(18-4-1)53-21-7-8-22-54(53)55-23-9-10-24-56(55)57-25-11-14-28-62(57)67(52-39-33-46(34-40-52)49-35-41-60-59-27-13-16-30-65(59)69-66(60)44-49)51-37-31-45(32-38-51)48-36-42-64-61(43-48)58-26-12-15-29-63(58)68(64)50-19-5-2-6-20-50/h1-44H. The molecular formula is C66H44N2S. The van der Waals surface area contributed by atoms with Gasteiger partial charge in [0.25, 0.3) is 0 Å². The molecule has 0 unspecified atom stereocenters. The molecule has 0 saturated heterocycles. The van der Waals surface area contributed by atoms with E-state index in [1.807, 2.05) is 11.3 Å². The van der Waals surface area contributed by atoms with E-state index in [0.29, 0.717) is 0 Å². The highest BCUT2D eigenvalue weighted by molar-refractivity contribution is 7.25. The molecule has 0 saturated carbocycles. The second-order valence-electron chi connectivity index (χ2n) is 17.6. The topological polar surface area (TPSA) is 8.17 Å². The fraction of sp³-hybridized carbons (Fsp3) is 0. The van der Waals surface area contributed by atoms with Gasteiger partial charge in [-0.1, -0.05) is 194 Å². The average molecular weight is 897 g/mol. The van der Waals surface area contributed by atoms with Crippen LogP contribution < -0.4 is 4.90 Å². The van der Waals surface area contributed by atoms with Crippen molar-refractivity contribution in [3.05, 3.63) is 267 Å². The van der Waals surface area contributed by atoms with Crippen LogP contribution in [0.25, 0.3) is 103 Å². The summed E-state index contributed by atoms with van der Waals surface area (Å²) in [5.41, 5.74) is 18.7. The lowest BCUT2D eigenvalue weighted by atomic mass is 9.88. The minimum absolute atomic E-state index is 1.08. The van der Waals surface area contributed by atoms with E-state index in [1.54, 1.807) is 0 Å². The molecule has 0 N–H and O–H groups in total. The Hall–Kier alpha value is -8.76. The van der Waals surface area contributed by atoms with E-state index in [0.717, 1.165) is 28.3 Å². The third-order valence-corrected chi connectivity index (χ3v) is 14.8. The molecule has 2 nitrogen and oxygen atoms in total. The van der Waals surface area contributed by atoms with Crippen LogP contribution in [-0.4, -0.2) is 4.57 Å². The van der Waals surface area contributed by atoms with Crippen molar-refractivity contribution in [2.45, 2.75) is 0 Å². The van der Waals surface area contributed by atoms with Gasteiger partial charge >= 0.3 is 0 Å². The zero-order chi connectivity index (χ0) is 45.7. The van der Waals surface area contributed by atoms with Crippen molar-refractivity contribution in [1.82, 2.24) is 4.57 Å². The molecule has 0 bridgehead atoms. The molecule has 0 spiro atoms. The largest absolute Gasteiger partial charge is 0.310 e. The minimum atomic E-state index is 1.08. The Balaban J connectivity index is 0.935. The Morgan fingerprint density at radius 2 is 0.754 bits per heavy atom. The summed E-state index contributed by atoms with van der Waals surface area (Å²) in [5.74, 6) is 0. The number of fused-ring (bicyclic) bond motifs is 6. The van der Waals surface area contributed by atoms with Crippen molar-refractivity contribution in [2.75, 3.05) is 4.90 Å². The lowest BCUT2D eigenvalue weighted by molar-refractivity contribution is 1.18. The summed E-state index contributed by atoms with van der Waals surface area (Å²) in [5, 5.41) is 5.12. The quantitative estimate of drug-likeness (QED) is 0.140. The van der Waals surface area contributed by atoms with Crippen LogP contribution in [0.3, 0.4) is 0 Å². The second-order valence-corrected chi connectivity index (χ2v) is 18.7. The number of rotatable bonds is 9. The van der Waals surface area contributed by atoms with Crippen LogP contribution in [0, 0.1) is 0 Å². The predicted octanol–water partition coefficient (Wildman–Crippen LogP) is 19.0. The maximum absolute atomic E-state index is 2.43. The molecule has 2 aromatic heterocycles. The lowest BCUT2D eigenvalue weighted by Gasteiger charge is -2.29. The summed E-state index contributed by atoms with van der Waals surface area (Å²) in [4.78, 5) is 2.43. The Morgan fingerprint density at radius 3 is 1.46 bits per heavy atom. The molecular weight excluding hydrogens is 853 g/mol. The Bertz CT molecular complexity index is 4000. The van der Waals surface area contributed by atoms with Gasteiger partial charge in [-0.2, -0.15) is 0 Å². The van der Waals surface area contributed by atoms with Gasteiger partial charge in [0.05, 0.1) is 16.7 Å². The van der Waals surface area contributed by atoms with Crippen LogP contribution in [-0.2, 0) is 0 Å². The van der Waals surface area contributed by atoms with Gasteiger partial charge < -0.3 is 9.47 Å². The van der Waals surface area contributed by atoms with E-state index >= 15 is 0 Å². The number of hydrogen-bond donors (Lipinski definition) is 0. The smallest absolute Gasteiger partial charge is 0.0541 e. The second kappa shape index (κ2) is 17.2. The highest BCUT2D eigenvalue weighted by atomic mass is 32.1. The summed E-state index contributed by atoms with van der Waals surface area (Å²) >= 11 is 1.86. The molecule has 0 atom stereocenters. The van der Waals surface area contributed by atoms with Gasteiger partial charge in [-0.3, -0.25) is 0 Å². The Labute approximate surface area is 405 Å². The fourth-order valence-corrected chi connectivity index (χ4v) is 11.5. The molecule has 11 aromatic carbocycles. The zero-order valence-corrected chi connectivity index (χ0v) is 38.5. The van der Waals surface area contributed by atoms with Gasteiger partial charge in [0.15, 0.2) is 0 Å². The first-order valence-corrected chi connectivity index (χ1v) is 24.4. The molecule has 0 aliphatic carbocycles. The van der Waals surface area contributed by atoms with E-state index in [4.69, 9.17) is 0 Å². The lowest BCUT2D eigenvalue weighted by Crippen LogP contribution is -2.11. The van der Waals surface area contributed by atoms with Crippen molar-refractivity contribution in [3.63, 3.8) is 0 Å². The molecule has 0 aliphatic rings. The third-order valence-electron chi connectivity index (χ3n) is 13.6. The van der Waals surface area contributed by atoms with Crippen LogP contribution in [0.5, 0.6) is 0 Å². The fourth-order valence-electron chi connectivity index (χ4n) is 10.4. The van der Waals surface area contributed by atoms with Gasteiger partial charge in [-0.15, -0.1) is 11.3 Å². The molecule has 13 aromatic rings. The minimum Gasteiger partial charge on any atom is -0.310 e. The summed E-state index contributed by atoms with van der Waals surface area (Å²) in [6, 6.07) is 97.4. The predicted molar refractivity (Wildman–Crippen MR) is 296 cm³/mol. The molecule has 0 fully saturated rings. The van der Waals surface area contributed by atoms with Crippen LogP contribution >= 0.6 is 11.3 Å². The molecule has 0 radical (unpaired) electrons. The average Bonchev–Trinajstić information content (AvgIpc) is 3.97. The third kappa shape index (κ3) is 7.20. The van der Waals surface area contributed by atoms with Crippen LogP contribution in [0.2, 0.25) is 0 Å². The van der Waals surface area contributed by atoms with Gasteiger partial charge in [0.2, 0.25) is 0 Å². The number of benzene rings is 11. The van der Waals surface area contributed by atoms with Crippen LogP contribution in [0.1, 0.15) is 0 Å². The van der Waals surface area contributed by atoms with E-state index in [1.165, 1.54) is 92.0 Å². The summed E-state index contributed by atoms with van der Waals surface area (Å²) < 4.78 is 5.00. The number of anilines is 3. The number of para-hydroxylation sites is 3. The molecule has 2 heterocycles. The normalized spacial score (nSPS) is 11.5. The molecule has 0 aliphatic heterocycles. The maximum Gasteiger partial charge on any atom is 0.0541 e. The number of aromatic nitrogens is 1. The first kappa shape index (κ1) is 40.5. The SMILES string of the molecule is c1ccc(-c2ccccc2-c2ccccc2-c2ccccc2N(c2ccc(-c3ccc4c(c3)sc3ccccc34)cc2)c2ccc(-c3ccc4c(c3)c3ccccc3n4-c3ccccc3)cc2)cc1. The van der Waals surface area contributed by atoms with E-state index < -0.39 is 0 Å².